The smallest absolute Gasteiger partial charge is 0.312 e. The lowest BCUT2D eigenvalue weighted by Gasteiger charge is -2.18. The van der Waals surface area contributed by atoms with Gasteiger partial charge in [0.25, 0.3) is 5.91 Å². The summed E-state index contributed by atoms with van der Waals surface area (Å²) in [6.45, 7) is 3.62. The van der Waals surface area contributed by atoms with Crippen molar-refractivity contribution in [3.8, 4) is 0 Å². The van der Waals surface area contributed by atoms with E-state index in [0.29, 0.717) is 5.69 Å². The molecule has 0 aliphatic carbocycles. The van der Waals surface area contributed by atoms with Crippen LogP contribution in [-0.4, -0.2) is 26.9 Å². The Bertz CT molecular complexity index is 1370. The molecule has 0 unspecified atom stereocenters. The molecule has 0 spiro atoms. The third-order valence-electron chi connectivity index (χ3n) is 5.90. The van der Waals surface area contributed by atoms with Gasteiger partial charge in [0.15, 0.2) is 9.84 Å². The number of urea groups is 1. The van der Waals surface area contributed by atoms with E-state index in [2.05, 4.69) is 16.0 Å². The first-order valence-electron chi connectivity index (χ1n) is 11.3. The molecule has 0 atom stereocenters. The van der Waals surface area contributed by atoms with Crippen LogP contribution in [0.1, 0.15) is 39.5 Å². The van der Waals surface area contributed by atoms with Gasteiger partial charge in [0.05, 0.1) is 21.2 Å². The maximum absolute atomic E-state index is 12.9. The van der Waals surface area contributed by atoms with E-state index < -0.39 is 21.8 Å². The molecule has 0 saturated carbocycles. The molecular weight excluding hydrogens is 486 g/mol. The summed E-state index contributed by atoms with van der Waals surface area (Å²) in [7, 11) is -3.57. The van der Waals surface area contributed by atoms with Crippen molar-refractivity contribution in [2.24, 2.45) is 0 Å². The molecule has 0 bridgehead atoms. The first kappa shape index (κ1) is 24.9. The quantitative estimate of drug-likeness (QED) is 0.452. The summed E-state index contributed by atoms with van der Waals surface area (Å²) in [6, 6.07) is 16.0. The maximum atomic E-state index is 12.9. The minimum Gasteiger partial charge on any atom is -0.312 e. The maximum Gasteiger partial charge on any atom is 0.326 e. The Kier molecular flexibility index (Phi) is 7.54. The van der Waals surface area contributed by atoms with Crippen molar-refractivity contribution in [3.05, 3.63) is 93.5 Å². The Labute approximate surface area is 209 Å². The zero-order chi connectivity index (χ0) is 25.0. The lowest BCUT2D eigenvalue weighted by Crippen LogP contribution is -2.34. The highest BCUT2D eigenvalue weighted by Crippen LogP contribution is 2.22. The number of halogens is 1. The second kappa shape index (κ2) is 10.6. The lowest BCUT2D eigenvalue weighted by atomic mass is 9.99. The van der Waals surface area contributed by atoms with Crippen LogP contribution in [0.15, 0.2) is 65.6 Å². The molecule has 9 heteroatoms. The molecule has 3 N–H and O–H groups in total. The predicted molar refractivity (Wildman–Crippen MR) is 136 cm³/mol. The largest absolute Gasteiger partial charge is 0.326 e. The zero-order valence-corrected chi connectivity index (χ0v) is 20.8. The molecule has 3 aromatic carbocycles. The monoisotopic (exact) mass is 511 g/mol. The van der Waals surface area contributed by atoms with Crippen LogP contribution < -0.4 is 16.0 Å². The van der Waals surface area contributed by atoms with Crippen LogP contribution in [0.25, 0.3) is 0 Å². The molecule has 0 saturated heterocycles. The molecule has 3 amide bonds. The van der Waals surface area contributed by atoms with E-state index in [0.717, 1.165) is 42.6 Å². The molecule has 182 valence electrons. The van der Waals surface area contributed by atoms with Crippen molar-refractivity contribution in [2.45, 2.75) is 37.0 Å². The second-order valence-electron chi connectivity index (χ2n) is 8.39. The van der Waals surface area contributed by atoms with Gasteiger partial charge in [-0.2, -0.15) is 0 Å². The highest BCUT2D eigenvalue weighted by Gasteiger charge is 2.18. The number of benzene rings is 3. The van der Waals surface area contributed by atoms with Crippen LogP contribution in [0.3, 0.4) is 0 Å². The van der Waals surface area contributed by atoms with Gasteiger partial charge in [-0.3, -0.25) is 10.1 Å². The normalized spacial score (nSPS) is 13.1. The molecule has 7 nitrogen and oxygen atoms in total. The van der Waals surface area contributed by atoms with E-state index in [9.17, 15) is 18.0 Å². The van der Waals surface area contributed by atoms with Crippen LogP contribution >= 0.6 is 11.6 Å². The van der Waals surface area contributed by atoms with Gasteiger partial charge >= 0.3 is 6.03 Å². The Morgan fingerprint density at radius 2 is 1.71 bits per heavy atom. The number of amides is 3. The second-order valence-corrected chi connectivity index (χ2v) is 10.8. The summed E-state index contributed by atoms with van der Waals surface area (Å²) in [5.74, 6) is -0.734. The van der Waals surface area contributed by atoms with Crippen LogP contribution in [-0.2, 0) is 35.0 Å². The molecule has 35 heavy (non-hydrogen) atoms. The van der Waals surface area contributed by atoms with Crippen LogP contribution in [0.4, 0.5) is 10.5 Å². The van der Waals surface area contributed by atoms with E-state index >= 15 is 0 Å². The minimum absolute atomic E-state index is 0.111. The van der Waals surface area contributed by atoms with E-state index in [1.807, 2.05) is 31.2 Å². The number of fused-ring (bicyclic) bond motifs is 1. The predicted octanol–water partition coefficient (Wildman–Crippen LogP) is 4.48. The number of anilines is 1. The molecule has 0 fully saturated rings. The van der Waals surface area contributed by atoms with Gasteiger partial charge in [-0.25, -0.2) is 13.2 Å². The number of carbonyl (C=O) groups excluding carboxylic acids is 2. The number of rotatable bonds is 6. The number of hydrogen-bond donors (Lipinski definition) is 3. The molecule has 3 aromatic rings. The van der Waals surface area contributed by atoms with Crippen LogP contribution in [0.5, 0.6) is 0 Å². The zero-order valence-electron chi connectivity index (χ0n) is 19.2. The summed E-state index contributed by atoms with van der Waals surface area (Å²) < 4.78 is 25.8. The molecule has 1 aliphatic rings. The van der Waals surface area contributed by atoms with Gasteiger partial charge in [0.1, 0.15) is 0 Å². The van der Waals surface area contributed by atoms with Crippen molar-refractivity contribution in [2.75, 3.05) is 11.9 Å². The first-order chi connectivity index (χ1) is 16.7. The van der Waals surface area contributed by atoms with Crippen molar-refractivity contribution in [1.29, 1.82) is 0 Å². The molecule has 4 rings (SSSR count). The number of hydrogen-bond acceptors (Lipinski definition) is 5. The van der Waals surface area contributed by atoms with Gasteiger partial charge in [-0.1, -0.05) is 42.8 Å². The Balaban J connectivity index is 1.39. The van der Waals surface area contributed by atoms with Crippen LogP contribution in [0.2, 0.25) is 5.02 Å². The van der Waals surface area contributed by atoms with Crippen molar-refractivity contribution in [3.63, 3.8) is 0 Å². The van der Waals surface area contributed by atoms with Gasteiger partial charge < -0.3 is 10.6 Å². The van der Waals surface area contributed by atoms with Gasteiger partial charge in [0.2, 0.25) is 0 Å². The topological polar surface area (TPSA) is 104 Å². The Morgan fingerprint density at radius 1 is 0.971 bits per heavy atom. The summed E-state index contributed by atoms with van der Waals surface area (Å²) in [6.07, 6.45) is 1.66. The first-order valence-corrected chi connectivity index (χ1v) is 13.3. The third kappa shape index (κ3) is 6.08. The standard InChI is InChI=1S/C26H26ClN3O4S/c1-2-17-4-10-24(27)23(14-17)25(31)30-26(32)29-21-6-8-22(9-7-21)35(33,34)16-18-3-5-19-11-12-28-15-20(19)13-18/h3-10,13-14,28H,2,11-12,15-16H2,1H3,(H2,29,30,31,32). The van der Waals surface area contributed by atoms with E-state index in [1.54, 1.807) is 12.1 Å². The summed E-state index contributed by atoms with van der Waals surface area (Å²) in [5.41, 5.74) is 4.59. The lowest BCUT2D eigenvalue weighted by molar-refractivity contribution is 0.0967. The molecule has 1 heterocycles. The number of carbonyl (C=O) groups is 2. The fourth-order valence-electron chi connectivity index (χ4n) is 3.97. The van der Waals surface area contributed by atoms with Crippen molar-refractivity contribution < 1.29 is 18.0 Å². The Morgan fingerprint density at radius 3 is 2.46 bits per heavy atom. The van der Waals surface area contributed by atoms with Crippen molar-refractivity contribution in [1.82, 2.24) is 10.6 Å². The SMILES string of the molecule is CCc1ccc(Cl)c(C(=O)NC(=O)Nc2ccc(S(=O)(=O)Cc3ccc4c(c3)CNCC4)cc2)c1. The van der Waals surface area contributed by atoms with E-state index in [-0.39, 0.29) is 21.2 Å². The minimum atomic E-state index is -3.57. The van der Waals surface area contributed by atoms with Gasteiger partial charge in [-0.15, -0.1) is 0 Å². The number of imide groups is 1. The highest BCUT2D eigenvalue weighted by molar-refractivity contribution is 7.90. The number of nitrogens with one attached hydrogen (secondary N) is 3. The fraction of sp³-hybridized carbons (Fsp3) is 0.231. The van der Waals surface area contributed by atoms with Crippen molar-refractivity contribution >= 4 is 39.1 Å². The molecular formula is C26H26ClN3O4S. The number of aryl methyl sites for hydroxylation is 1. The molecule has 1 aliphatic heterocycles. The number of sulfone groups is 1. The van der Waals surface area contributed by atoms with Crippen LogP contribution in [0, 0.1) is 0 Å². The van der Waals surface area contributed by atoms with Gasteiger partial charge in [-0.05, 0) is 78.0 Å². The molecule has 0 aromatic heterocycles. The Hall–Kier alpha value is -3.20. The van der Waals surface area contributed by atoms with E-state index in [4.69, 9.17) is 11.6 Å². The summed E-state index contributed by atoms with van der Waals surface area (Å²) >= 11 is 6.09. The average molecular weight is 512 g/mol. The summed E-state index contributed by atoms with van der Waals surface area (Å²) in [4.78, 5) is 24.9. The summed E-state index contributed by atoms with van der Waals surface area (Å²) in [5, 5.41) is 8.32. The fourth-order valence-corrected chi connectivity index (χ4v) is 5.51. The van der Waals surface area contributed by atoms with E-state index in [1.165, 1.54) is 29.8 Å². The third-order valence-corrected chi connectivity index (χ3v) is 7.93. The van der Waals surface area contributed by atoms with Gasteiger partial charge in [0, 0.05) is 12.2 Å². The average Bonchev–Trinajstić information content (AvgIpc) is 2.84. The molecule has 0 radical (unpaired) electrons. The highest BCUT2D eigenvalue weighted by atomic mass is 35.5.